The van der Waals surface area contributed by atoms with Crippen molar-refractivity contribution in [1.82, 2.24) is 0 Å². The molecule has 0 radical (unpaired) electrons. The third kappa shape index (κ3) is 4.17. The van der Waals surface area contributed by atoms with Crippen molar-refractivity contribution in [1.29, 1.82) is 0 Å². The van der Waals surface area contributed by atoms with E-state index < -0.39 is 72.6 Å². The number of carbonyl (C=O) groups excluding carboxylic acids is 2. The van der Waals surface area contributed by atoms with Crippen LogP contribution < -0.4 is 5.73 Å². The second-order valence-corrected chi connectivity index (χ2v) is 6.06. The second kappa shape index (κ2) is 8.35. The number of rotatable bonds is 7. The van der Waals surface area contributed by atoms with E-state index in [0.717, 1.165) is 13.8 Å². The molecule has 1 saturated heterocycles. The van der Waals surface area contributed by atoms with Crippen LogP contribution in [0.1, 0.15) is 13.8 Å². The summed E-state index contributed by atoms with van der Waals surface area (Å²) in [6, 6.07) is -1.57. The molecule has 0 bridgehead atoms. The molecule has 0 aromatic heterocycles. The van der Waals surface area contributed by atoms with E-state index >= 15 is 0 Å². The zero-order valence-corrected chi connectivity index (χ0v) is 14.1. The molecular weight excluding hydrogens is 358 g/mol. The lowest BCUT2D eigenvalue weighted by Gasteiger charge is -2.47. The largest absolute Gasteiger partial charge is 0.477 e. The van der Waals surface area contributed by atoms with Crippen molar-refractivity contribution in [3.63, 3.8) is 0 Å². The van der Waals surface area contributed by atoms with Crippen molar-refractivity contribution < 1.29 is 54.5 Å². The lowest BCUT2D eigenvalue weighted by molar-refractivity contribution is -0.311. The number of aliphatic hydroxyl groups is 5. The number of Topliss-reactive ketones (excluding diaryl/α,β-unsaturated/α-hetero) is 1. The topological polar surface area (TPSA) is 217 Å². The summed E-state index contributed by atoms with van der Waals surface area (Å²) in [7, 11) is 0. The fraction of sp³-hybridized carbons (Fsp3) is 0.786. The van der Waals surface area contributed by atoms with E-state index in [-0.39, 0.29) is 0 Å². The highest BCUT2D eigenvalue weighted by Crippen LogP contribution is 2.35. The number of aliphatic carboxylic acids is 1. The van der Waals surface area contributed by atoms with Gasteiger partial charge < -0.3 is 45.8 Å². The van der Waals surface area contributed by atoms with E-state index in [4.69, 9.17) is 15.6 Å². The van der Waals surface area contributed by atoms with Crippen molar-refractivity contribution in [2.24, 2.45) is 11.7 Å². The van der Waals surface area contributed by atoms with Gasteiger partial charge in [0.15, 0.2) is 6.10 Å². The number of hydrogen-bond acceptors (Lipinski definition) is 11. The van der Waals surface area contributed by atoms with E-state index in [0.29, 0.717) is 0 Å². The number of ketones is 1. The molecule has 150 valence electrons. The molecular formula is C14H23NO11. The third-order valence-corrected chi connectivity index (χ3v) is 4.10. The van der Waals surface area contributed by atoms with Crippen LogP contribution in [0.15, 0.2) is 0 Å². The zero-order valence-electron chi connectivity index (χ0n) is 14.1. The van der Waals surface area contributed by atoms with Crippen LogP contribution in [0, 0.1) is 5.92 Å². The molecule has 2 unspecified atom stereocenters. The summed E-state index contributed by atoms with van der Waals surface area (Å²) in [6.45, 7) is 1.01. The lowest BCUT2D eigenvalue weighted by atomic mass is 9.79. The van der Waals surface area contributed by atoms with Crippen LogP contribution in [0.25, 0.3) is 0 Å². The minimum absolute atomic E-state index is 0.912. The van der Waals surface area contributed by atoms with Crippen LogP contribution in [0.4, 0.5) is 0 Å². The van der Waals surface area contributed by atoms with Gasteiger partial charge in [-0.1, -0.05) is 0 Å². The highest BCUT2D eigenvalue weighted by Gasteiger charge is 2.61. The second-order valence-electron chi connectivity index (χ2n) is 6.06. The summed E-state index contributed by atoms with van der Waals surface area (Å²) in [5.41, 5.74) is 5.69. The van der Waals surface area contributed by atoms with Gasteiger partial charge in [-0.2, -0.15) is 0 Å². The van der Waals surface area contributed by atoms with E-state index in [1.807, 2.05) is 0 Å². The number of aliphatic hydroxyl groups excluding tert-OH is 4. The van der Waals surface area contributed by atoms with E-state index in [2.05, 4.69) is 4.74 Å². The average molecular weight is 381 g/mol. The van der Waals surface area contributed by atoms with E-state index in [1.165, 1.54) is 0 Å². The highest BCUT2D eigenvalue weighted by molar-refractivity contribution is 5.88. The van der Waals surface area contributed by atoms with Gasteiger partial charge in [-0.05, 0) is 13.8 Å². The minimum Gasteiger partial charge on any atom is -0.477 e. The van der Waals surface area contributed by atoms with Crippen molar-refractivity contribution in [2.75, 3.05) is 6.61 Å². The Hall–Kier alpha value is -1.67. The molecule has 0 aliphatic carbocycles. The number of carboxylic acids is 1. The molecule has 0 aromatic carbocycles. The zero-order chi connectivity index (χ0) is 20.4. The normalized spacial score (nSPS) is 35.2. The Morgan fingerprint density at radius 3 is 2.23 bits per heavy atom. The maximum absolute atomic E-state index is 11.6. The fourth-order valence-electron chi connectivity index (χ4n) is 2.68. The van der Waals surface area contributed by atoms with Crippen molar-refractivity contribution in [3.8, 4) is 0 Å². The molecule has 12 nitrogen and oxygen atoms in total. The van der Waals surface area contributed by atoms with Crippen molar-refractivity contribution in [3.05, 3.63) is 0 Å². The molecule has 1 fully saturated rings. The van der Waals surface area contributed by atoms with Gasteiger partial charge in [-0.15, -0.1) is 0 Å². The Labute approximate surface area is 147 Å². The molecule has 0 amide bonds. The van der Waals surface area contributed by atoms with Gasteiger partial charge in [0, 0.05) is 0 Å². The van der Waals surface area contributed by atoms with Crippen LogP contribution in [-0.2, 0) is 23.9 Å². The Balaban J connectivity index is 3.16. The van der Waals surface area contributed by atoms with Crippen LogP contribution in [0.2, 0.25) is 0 Å². The first-order chi connectivity index (χ1) is 11.9. The SMILES string of the molecule is CC(=O)C1[C@H](O)[C@@H](N)[C@H]([C@H](O)[C@@H](CO)OC(=O)[C@H](C)O)OC1(O)C(=O)O. The molecule has 1 aliphatic heterocycles. The third-order valence-electron chi connectivity index (χ3n) is 4.10. The molecule has 1 aliphatic rings. The molecule has 0 aromatic rings. The quantitative estimate of drug-likeness (QED) is 0.208. The number of carbonyl (C=O) groups is 3. The molecule has 26 heavy (non-hydrogen) atoms. The van der Waals surface area contributed by atoms with Crippen LogP contribution in [-0.4, -0.2) is 97.3 Å². The summed E-state index contributed by atoms with van der Waals surface area (Å²) >= 11 is 0. The first-order valence-electron chi connectivity index (χ1n) is 7.63. The monoisotopic (exact) mass is 381 g/mol. The predicted molar refractivity (Wildman–Crippen MR) is 80.3 cm³/mol. The van der Waals surface area contributed by atoms with Gasteiger partial charge in [0.1, 0.15) is 30.0 Å². The standard InChI is InChI=1S/C14H23NO11/c1-4(17)7-10(20)8(15)11(26-14(7,24)13(22)23)9(19)6(3-16)25-12(21)5(2)18/h5-11,16,18-20,24H,3,15H2,1-2H3,(H,22,23)/t5-,6+,7?,8+,9+,10-,11+,14?/m0/s1. The van der Waals surface area contributed by atoms with Gasteiger partial charge in [0.25, 0.3) is 5.79 Å². The van der Waals surface area contributed by atoms with Gasteiger partial charge in [-0.3, -0.25) is 4.79 Å². The molecule has 12 heteroatoms. The van der Waals surface area contributed by atoms with Gasteiger partial charge in [0.05, 0.1) is 18.8 Å². The van der Waals surface area contributed by atoms with Gasteiger partial charge >= 0.3 is 11.9 Å². The smallest absolute Gasteiger partial charge is 0.365 e. The summed E-state index contributed by atoms with van der Waals surface area (Å²) in [6.07, 6.45) is -9.05. The van der Waals surface area contributed by atoms with E-state index in [9.17, 15) is 39.9 Å². The first kappa shape index (κ1) is 22.4. The Kier molecular flexibility index (Phi) is 7.18. The summed E-state index contributed by atoms with van der Waals surface area (Å²) < 4.78 is 9.57. The van der Waals surface area contributed by atoms with Crippen molar-refractivity contribution in [2.45, 2.75) is 56.2 Å². The Bertz CT molecular complexity index is 553. The van der Waals surface area contributed by atoms with Crippen LogP contribution >= 0.6 is 0 Å². The van der Waals surface area contributed by atoms with Crippen molar-refractivity contribution >= 4 is 17.7 Å². The highest BCUT2D eigenvalue weighted by atomic mass is 16.7. The lowest BCUT2D eigenvalue weighted by Crippen LogP contribution is -2.71. The number of esters is 1. The minimum atomic E-state index is -3.21. The molecule has 8 atom stereocenters. The molecule has 0 saturated carbocycles. The maximum Gasteiger partial charge on any atom is 0.365 e. The average Bonchev–Trinajstić information content (AvgIpc) is 2.54. The van der Waals surface area contributed by atoms with Crippen LogP contribution in [0.3, 0.4) is 0 Å². The molecule has 8 N–H and O–H groups in total. The first-order valence-corrected chi connectivity index (χ1v) is 7.63. The number of nitrogens with two attached hydrogens (primary N) is 1. The van der Waals surface area contributed by atoms with Gasteiger partial charge in [0.2, 0.25) is 0 Å². The number of carboxylic acid groups (broad SMARTS) is 1. The Morgan fingerprint density at radius 2 is 1.85 bits per heavy atom. The van der Waals surface area contributed by atoms with Crippen LogP contribution in [0.5, 0.6) is 0 Å². The summed E-state index contributed by atoms with van der Waals surface area (Å²) in [5, 5.41) is 58.3. The number of ether oxygens (including phenoxy) is 2. The Morgan fingerprint density at radius 1 is 1.31 bits per heavy atom. The summed E-state index contributed by atoms with van der Waals surface area (Å²) in [4.78, 5) is 34.5. The molecule has 1 heterocycles. The fourth-order valence-corrected chi connectivity index (χ4v) is 2.68. The molecule has 0 spiro atoms. The number of hydrogen-bond donors (Lipinski definition) is 7. The van der Waals surface area contributed by atoms with Gasteiger partial charge in [-0.25, -0.2) is 9.59 Å². The summed E-state index contributed by atoms with van der Waals surface area (Å²) in [5.74, 6) is -9.29. The predicted octanol–water partition coefficient (Wildman–Crippen LogP) is -4.30. The van der Waals surface area contributed by atoms with E-state index in [1.54, 1.807) is 0 Å². The molecule has 1 rings (SSSR count). The maximum atomic E-state index is 11.6.